The van der Waals surface area contributed by atoms with Crippen molar-refractivity contribution >= 4 is 11.8 Å². The number of hydrogen-bond acceptors (Lipinski definition) is 2. The van der Waals surface area contributed by atoms with Crippen molar-refractivity contribution in [3.63, 3.8) is 0 Å². The highest BCUT2D eigenvalue weighted by atomic mass is 32.2. The van der Waals surface area contributed by atoms with Crippen molar-refractivity contribution in [3.8, 4) is 0 Å². The molecule has 0 aromatic rings. The summed E-state index contributed by atoms with van der Waals surface area (Å²) in [5.74, 6) is 2.68. The fraction of sp³-hybridized carbons (Fsp3) is 1.00. The van der Waals surface area contributed by atoms with Crippen LogP contribution in [0.3, 0.4) is 0 Å². The Labute approximate surface area is 75.1 Å². The van der Waals surface area contributed by atoms with Gasteiger partial charge in [0.25, 0.3) is 0 Å². The molecule has 0 saturated heterocycles. The van der Waals surface area contributed by atoms with Crippen LogP contribution in [0.5, 0.6) is 0 Å². The summed E-state index contributed by atoms with van der Waals surface area (Å²) in [6, 6.07) is 0. The average molecular weight is 175 g/mol. The molecule has 11 heavy (non-hydrogen) atoms. The molecule has 0 bridgehead atoms. The first kappa shape index (κ1) is 11.3. The molecule has 0 aliphatic carbocycles. The van der Waals surface area contributed by atoms with Crippen LogP contribution in [0.2, 0.25) is 0 Å². The molecule has 0 heterocycles. The molecular weight excluding hydrogens is 154 g/mol. The quantitative estimate of drug-likeness (QED) is 0.574. The largest absolute Gasteiger partial charge is 0.330 e. The summed E-state index contributed by atoms with van der Waals surface area (Å²) in [6.45, 7) is 3.11. The van der Waals surface area contributed by atoms with Gasteiger partial charge >= 0.3 is 0 Å². The van der Waals surface area contributed by atoms with Crippen molar-refractivity contribution in [1.82, 2.24) is 0 Å². The Balaban J connectivity index is 2.69. The Morgan fingerprint density at radius 1 is 1.00 bits per heavy atom. The predicted octanol–water partition coefficient (Wildman–Crippen LogP) is 2.65. The second kappa shape index (κ2) is 10.3. The molecule has 0 amide bonds. The highest BCUT2D eigenvalue weighted by molar-refractivity contribution is 7.99. The number of unbranched alkanes of at least 4 members (excludes halogenated alkanes) is 3. The van der Waals surface area contributed by atoms with Crippen molar-refractivity contribution in [2.75, 3.05) is 18.1 Å². The predicted molar refractivity (Wildman–Crippen MR) is 55.1 cm³/mol. The molecule has 0 saturated carbocycles. The third kappa shape index (κ3) is 10.3. The molecular formula is C9H21NS. The molecule has 0 aromatic carbocycles. The topological polar surface area (TPSA) is 26.0 Å². The van der Waals surface area contributed by atoms with Crippen LogP contribution in [0.1, 0.15) is 39.0 Å². The van der Waals surface area contributed by atoms with Gasteiger partial charge in [-0.15, -0.1) is 0 Å². The van der Waals surface area contributed by atoms with Crippen LogP contribution in [0, 0.1) is 0 Å². The van der Waals surface area contributed by atoms with Crippen LogP contribution >= 0.6 is 11.8 Å². The Hall–Kier alpha value is 0.310. The second-order valence-corrected chi connectivity index (χ2v) is 4.04. The molecule has 0 unspecified atom stereocenters. The molecule has 1 nitrogen and oxygen atoms in total. The van der Waals surface area contributed by atoms with Gasteiger partial charge in [0.1, 0.15) is 0 Å². The smallest absolute Gasteiger partial charge is 0.00675 e. The van der Waals surface area contributed by atoms with E-state index in [0.29, 0.717) is 0 Å². The lowest BCUT2D eigenvalue weighted by atomic mass is 10.2. The Morgan fingerprint density at radius 3 is 2.36 bits per heavy atom. The van der Waals surface area contributed by atoms with Gasteiger partial charge in [0.15, 0.2) is 0 Å². The van der Waals surface area contributed by atoms with Gasteiger partial charge in [-0.3, -0.25) is 0 Å². The van der Waals surface area contributed by atoms with E-state index in [9.17, 15) is 0 Å². The van der Waals surface area contributed by atoms with Gasteiger partial charge in [0.2, 0.25) is 0 Å². The Kier molecular flexibility index (Phi) is 10.6. The minimum atomic E-state index is 0.861. The molecule has 68 valence electrons. The van der Waals surface area contributed by atoms with Gasteiger partial charge < -0.3 is 5.73 Å². The minimum Gasteiger partial charge on any atom is -0.330 e. The lowest BCUT2D eigenvalue weighted by molar-refractivity contribution is 0.732. The lowest BCUT2D eigenvalue weighted by Gasteiger charge is -1.99. The van der Waals surface area contributed by atoms with E-state index in [1.165, 1.54) is 43.6 Å². The maximum atomic E-state index is 5.38. The van der Waals surface area contributed by atoms with Crippen LogP contribution in [0.15, 0.2) is 0 Å². The summed E-state index contributed by atoms with van der Waals surface area (Å²) < 4.78 is 0. The van der Waals surface area contributed by atoms with E-state index < -0.39 is 0 Å². The molecule has 2 N–H and O–H groups in total. The Bertz CT molecular complexity index is 58.6. The average Bonchev–Trinajstić information content (AvgIpc) is 2.03. The zero-order valence-corrected chi connectivity index (χ0v) is 8.46. The van der Waals surface area contributed by atoms with Crippen LogP contribution in [0.4, 0.5) is 0 Å². The summed E-state index contributed by atoms with van der Waals surface area (Å²) in [7, 11) is 0. The minimum absolute atomic E-state index is 0.861. The van der Waals surface area contributed by atoms with E-state index in [1.54, 1.807) is 0 Å². The van der Waals surface area contributed by atoms with Gasteiger partial charge in [-0.1, -0.05) is 19.8 Å². The molecule has 0 fully saturated rings. The second-order valence-electron chi connectivity index (χ2n) is 2.82. The van der Waals surface area contributed by atoms with E-state index >= 15 is 0 Å². The third-order valence-electron chi connectivity index (χ3n) is 1.64. The zero-order valence-electron chi connectivity index (χ0n) is 7.64. The molecule has 0 radical (unpaired) electrons. The molecule has 0 atom stereocenters. The van der Waals surface area contributed by atoms with Crippen molar-refractivity contribution in [1.29, 1.82) is 0 Å². The number of hydrogen-bond donors (Lipinski definition) is 1. The maximum Gasteiger partial charge on any atom is -0.00675 e. The van der Waals surface area contributed by atoms with Crippen molar-refractivity contribution in [2.45, 2.75) is 39.0 Å². The van der Waals surface area contributed by atoms with Gasteiger partial charge in [-0.25, -0.2) is 0 Å². The monoisotopic (exact) mass is 175 g/mol. The molecule has 0 aliphatic heterocycles. The fourth-order valence-electron chi connectivity index (χ4n) is 0.874. The fourth-order valence-corrected chi connectivity index (χ4v) is 1.98. The van der Waals surface area contributed by atoms with Crippen LogP contribution in [-0.4, -0.2) is 18.1 Å². The van der Waals surface area contributed by atoms with Gasteiger partial charge in [0.05, 0.1) is 0 Å². The SMILES string of the molecule is CCCCSCCCCCN. The number of thioether (sulfide) groups is 1. The van der Waals surface area contributed by atoms with E-state index in [-0.39, 0.29) is 0 Å². The lowest BCUT2D eigenvalue weighted by Crippen LogP contribution is -1.98. The first-order valence-electron chi connectivity index (χ1n) is 4.69. The van der Waals surface area contributed by atoms with Gasteiger partial charge in [-0.05, 0) is 37.3 Å². The first-order valence-corrected chi connectivity index (χ1v) is 5.85. The van der Waals surface area contributed by atoms with Crippen LogP contribution in [0.25, 0.3) is 0 Å². The molecule has 0 rings (SSSR count). The molecule has 0 aromatic heterocycles. The summed E-state index contributed by atoms with van der Waals surface area (Å²) in [5.41, 5.74) is 5.38. The molecule has 0 aliphatic rings. The number of rotatable bonds is 8. The molecule has 2 heteroatoms. The van der Waals surface area contributed by atoms with Crippen LogP contribution in [-0.2, 0) is 0 Å². The normalized spacial score (nSPS) is 10.4. The van der Waals surface area contributed by atoms with E-state index in [4.69, 9.17) is 5.73 Å². The van der Waals surface area contributed by atoms with E-state index in [0.717, 1.165) is 6.54 Å². The van der Waals surface area contributed by atoms with Crippen molar-refractivity contribution in [3.05, 3.63) is 0 Å². The van der Waals surface area contributed by atoms with E-state index in [1.807, 2.05) is 0 Å². The van der Waals surface area contributed by atoms with Gasteiger partial charge in [0, 0.05) is 0 Å². The summed E-state index contributed by atoms with van der Waals surface area (Å²) in [5, 5.41) is 0. The number of nitrogens with two attached hydrogens (primary N) is 1. The highest BCUT2D eigenvalue weighted by Gasteiger charge is 1.89. The maximum absolute atomic E-state index is 5.38. The standard InChI is InChI=1S/C9H21NS/c1-2-3-8-11-9-6-4-5-7-10/h2-10H2,1H3. The Morgan fingerprint density at radius 2 is 1.73 bits per heavy atom. The zero-order chi connectivity index (χ0) is 8.36. The van der Waals surface area contributed by atoms with E-state index in [2.05, 4.69) is 18.7 Å². The first-order chi connectivity index (χ1) is 5.41. The van der Waals surface area contributed by atoms with Crippen molar-refractivity contribution in [2.24, 2.45) is 5.73 Å². The summed E-state index contributed by atoms with van der Waals surface area (Å²) >= 11 is 2.09. The summed E-state index contributed by atoms with van der Waals surface area (Å²) in [6.07, 6.45) is 6.58. The van der Waals surface area contributed by atoms with Crippen LogP contribution < -0.4 is 5.73 Å². The molecule has 0 spiro atoms. The summed E-state index contributed by atoms with van der Waals surface area (Å²) in [4.78, 5) is 0. The third-order valence-corrected chi connectivity index (χ3v) is 2.79. The van der Waals surface area contributed by atoms with Crippen molar-refractivity contribution < 1.29 is 0 Å². The highest BCUT2D eigenvalue weighted by Crippen LogP contribution is 2.08. The van der Waals surface area contributed by atoms with Gasteiger partial charge in [-0.2, -0.15) is 11.8 Å².